The molecule has 3 heteroatoms. The minimum atomic E-state index is -0.804. The molecule has 0 spiro atoms. The summed E-state index contributed by atoms with van der Waals surface area (Å²) < 4.78 is 0. The fraction of sp³-hybridized carbons (Fsp3) is 0.133. The van der Waals surface area contributed by atoms with Gasteiger partial charge in [-0.05, 0) is 28.0 Å². The van der Waals surface area contributed by atoms with Crippen molar-refractivity contribution in [3.63, 3.8) is 0 Å². The van der Waals surface area contributed by atoms with Crippen LogP contribution in [0, 0.1) is 0 Å². The Morgan fingerprint density at radius 3 is 2.67 bits per heavy atom. The number of benzene rings is 2. The van der Waals surface area contributed by atoms with Gasteiger partial charge in [-0.1, -0.05) is 36.4 Å². The number of carbonyl (C=O) groups is 1. The molecule has 0 amide bonds. The summed E-state index contributed by atoms with van der Waals surface area (Å²) in [6.45, 7) is 0. The molecule has 0 saturated heterocycles. The Hall–Kier alpha value is -2.29. The highest BCUT2D eigenvalue weighted by Gasteiger charge is 2.23. The lowest BCUT2D eigenvalue weighted by Crippen LogP contribution is -2.28. The molecule has 1 unspecified atom stereocenters. The second-order valence-corrected chi connectivity index (χ2v) is 4.49. The molecule has 1 aliphatic heterocycles. The first-order chi connectivity index (χ1) is 8.74. The zero-order valence-corrected chi connectivity index (χ0v) is 9.76. The van der Waals surface area contributed by atoms with Crippen LogP contribution in [0.1, 0.15) is 12.0 Å². The van der Waals surface area contributed by atoms with Crippen LogP contribution >= 0.6 is 0 Å². The summed E-state index contributed by atoms with van der Waals surface area (Å²) >= 11 is 0. The molecule has 0 fully saturated rings. The Kier molecular flexibility index (Phi) is 2.52. The molecular weight excluding hydrogens is 226 g/mol. The van der Waals surface area contributed by atoms with Gasteiger partial charge in [0.15, 0.2) is 0 Å². The summed E-state index contributed by atoms with van der Waals surface area (Å²) in [6, 6.07) is 13.9. The second kappa shape index (κ2) is 4.18. The highest BCUT2D eigenvalue weighted by atomic mass is 16.4. The first kappa shape index (κ1) is 10.8. The molecule has 18 heavy (non-hydrogen) atoms. The molecule has 0 radical (unpaired) electrons. The maximum Gasteiger partial charge on any atom is 0.326 e. The molecule has 1 aliphatic rings. The van der Waals surface area contributed by atoms with Gasteiger partial charge in [0.1, 0.15) is 6.04 Å². The quantitative estimate of drug-likeness (QED) is 0.847. The lowest BCUT2D eigenvalue weighted by Gasteiger charge is -2.06. The smallest absolute Gasteiger partial charge is 0.326 e. The van der Waals surface area contributed by atoms with Gasteiger partial charge >= 0.3 is 5.97 Å². The summed E-state index contributed by atoms with van der Waals surface area (Å²) in [7, 11) is 0. The van der Waals surface area contributed by atoms with E-state index in [9.17, 15) is 4.79 Å². The van der Waals surface area contributed by atoms with Crippen LogP contribution in [0.2, 0.25) is 0 Å². The third kappa shape index (κ3) is 1.84. The van der Waals surface area contributed by atoms with Crippen molar-refractivity contribution in [3.8, 4) is 0 Å². The maximum absolute atomic E-state index is 10.9. The van der Waals surface area contributed by atoms with Gasteiger partial charge in [0.25, 0.3) is 0 Å². The Labute approximate surface area is 105 Å². The average molecular weight is 239 g/mol. The van der Waals surface area contributed by atoms with Gasteiger partial charge in [-0.25, -0.2) is 4.79 Å². The van der Waals surface area contributed by atoms with Crippen LogP contribution in [-0.2, 0) is 4.79 Å². The summed E-state index contributed by atoms with van der Waals surface area (Å²) in [5.41, 5.74) is 2.14. The predicted molar refractivity (Wildman–Crippen MR) is 71.1 cm³/mol. The van der Waals surface area contributed by atoms with Crippen LogP contribution < -0.4 is 5.32 Å². The fourth-order valence-electron chi connectivity index (χ4n) is 2.29. The standard InChI is InChI=1S/C15H13NO2/c17-15(18)14-8-13(9-16-14)12-6-5-10-3-1-2-4-11(10)7-12/h1-7,9,14,16H,8H2,(H,17,18). The summed E-state index contributed by atoms with van der Waals surface area (Å²) in [5, 5.41) is 14.2. The highest BCUT2D eigenvalue weighted by Crippen LogP contribution is 2.26. The van der Waals surface area contributed by atoms with E-state index in [0.717, 1.165) is 11.1 Å². The summed E-state index contributed by atoms with van der Waals surface area (Å²) in [5.74, 6) is -0.804. The first-order valence-electron chi connectivity index (χ1n) is 5.91. The molecule has 0 bridgehead atoms. The van der Waals surface area contributed by atoms with Crippen molar-refractivity contribution in [1.82, 2.24) is 5.32 Å². The number of nitrogens with one attached hydrogen (secondary N) is 1. The number of rotatable bonds is 2. The number of aliphatic carboxylic acids is 1. The molecule has 3 nitrogen and oxygen atoms in total. The molecule has 3 rings (SSSR count). The number of hydrogen-bond donors (Lipinski definition) is 2. The van der Waals surface area contributed by atoms with Crippen LogP contribution in [0.15, 0.2) is 48.7 Å². The molecule has 2 aromatic rings. The molecule has 0 saturated carbocycles. The highest BCUT2D eigenvalue weighted by molar-refractivity contribution is 5.88. The van der Waals surface area contributed by atoms with E-state index in [2.05, 4.69) is 29.6 Å². The first-order valence-corrected chi connectivity index (χ1v) is 5.91. The van der Waals surface area contributed by atoms with Crippen LogP contribution in [-0.4, -0.2) is 17.1 Å². The van der Waals surface area contributed by atoms with Gasteiger partial charge in [-0.3, -0.25) is 0 Å². The van der Waals surface area contributed by atoms with Gasteiger partial charge in [0.2, 0.25) is 0 Å². The van der Waals surface area contributed by atoms with Crippen molar-refractivity contribution in [2.75, 3.05) is 0 Å². The molecule has 2 aromatic carbocycles. The van der Waals surface area contributed by atoms with E-state index >= 15 is 0 Å². The molecule has 90 valence electrons. The van der Waals surface area contributed by atoms with Crippen molar-refractivity contribution in [1.29, 1.82) is 0 Å². The van der Waals surface area contributed by atoms with Crippen LogP contribution in [0.5, 0.6) is 0 Å². The van der Waals surface area contributed by atoms with E-state index in [1.165, 1.54) is 10.8 Å². The minimum Gasteiger partial charge on any atom is -0.480 e. The SMILES string of the molecule is O=C(O)C1CC(c2ccc3ccccc3c2)=CN1. The average Bonchev–Trinajstić information content (AvgIpc) is 2.88. The summed E-state index contributed by atoms with van der Waals surface area (Å²) in [4.78, 5) is 10.9. The van der Waals surface area contributed by atoms with Crippen molar-refractivity contribution < 1.29 is 9.90 Å². The van der Waals surface area contributed by atoms with E-state index in [-0.39, 0.29) is 0 Å². The summed E-state index contributed by atoms with van der Waals surface area (Å²) in [6.07, 6.45) is 2.34. The Balaban J connectivity index is 1.94. The van der Waals surface area contributed by atoms with Crippen molar-refractivity contribution in [2.45, 2.75) is 12.5 Å². The molecule has 0 aliphatic carbocycles. The molecule has 0 aromatic heterocycles. The lowest BCUT2D eigenvalue weighted by atomic mass is 9.99. The topological polar surface area (TPSA) is 49.3 Å². The van der Waals surface area contributed by atoms with E-state index in [1.807, 2.05) is 24.4 Å². The second-order valence-electron chi connectivity index (χ2n) is 4.49. The van der Waals surface area contributed by atoms with E-state index in [1.54, 1.807) is 0 Å². The monoisotopic (exact) mass is 239 g/mol. The van der Waals surface area contributed by atoms with Crippen molar-refractivity contribution in [2.24, 2.45) is 0 Å². The zero-order valence-electron chi connectivity index (χ0n) is 9.76. The van der Waals surface area contributed by atoms with Gasteiger partial charge in [0.05, 0.1) is 0 Å². The molecule has 1 atom stereocenters. The van der Waals surface area contributed by atoms with Crippen molar-refractivity contribution >= 4 is 22.3 Å². The number of carboxylic acids is 1. The van der Waals surface area contributed by atoms with Crippen LogP contribution in [0.4, 0.5) is 0 Å². The Morgan fingerprint density at radius 2 is 1.94 bits per heavy atom. The van der Waals surface area contributed by atoms with Gasteiger partial charge < -0.3 is 10.4 Å². The van der Waals surface area contributed by atoms with E-state index in [4.69, 9.17) is 5.11 Å². The number of fused-ring (bicyclic) bond motifs is 1. The van der Waals surface area contributed by atoms with Gasteiger partial charge in [0, 0.05) is 12.6 Å². The third-order valence-electron chi connectivity index (χ3n) is 3.30. The fourth-order valence-corrected chi connectivity index (χ4v) is 2.29. The zero-order chi connectivity index (χ0) is 12.5. The predicted octanol–water partition coefficient (Wildman–Crippen LogP) is 2.63. The number of hydrogen-bond acceptors (Lipinski definition) is 2. The number of carboxylic acid groups (broad SMARTS) is 1. The molecule has 2 N–H and O–H groups in total. The third-order valence-corrected chi connectivity index (χ3v) is 3.30. The molecule has 1 heterocycles. The van der Waals surface area contributed by atoms with Crippen molar-refractivity contribution in [3.05, 3.63) is 54.2 Å². The minimum absolute atomic E-state index is 0.494. The van der Waals surface area contributed by atoms with Gasteiger partial charge in [-0.2, -0.15) is 0 Å². The van der Waals surface area contributed by atoms with Crippen LogP contribution in [0.25, 0.3) is 16.3 Å². The Morgan fingerprint density at radius 1 is 1.17 bits per heavy atom. The largest absolute Gasteiger partial charge is 0.480 e. The van der Waals surface area contributed by atoms with Gasteiger partial charge in [-0.15, -0.1) is 0 Å². The van der Waals surface area contributed by atoms with Crippen LogP contribution in [0.3, 0.4) is 0 Å². The van der Waals surface area contributed by atoms with E-state index < -0.39 is 12.0 Å². The molecular formula is C15H13NO2. The Bertz CT molecular complexity index is 646. The normalized spacial score (nSPS) is 18.4. The lowest BCUT2D eigenvalue weighted by molar-refractivity contribution is -0.138. The maximum atomic E-state index is 10.9. The van der Waals surface area contributed by atoms with E-state index in [0.29, 0.717) is 6.42 Å².